The lowest BCUT2D eigenvalue weighted by Gasteiger charge is -2.30. The topological polar surface area (TPSA) is 105 Å². The smallest absolute Gasteiger partial charge is 0.406 e. The highest BCUT2D eigenvalue weighted by Crippen LogP contribution is 2.30. The normalized spacial score (nSPS) is 18.4. The van der Waals surface area contributed by atoms with Crippen molar-refractivity contribution in [1.29, 1.82) is 0 Å². The molecule has 2 N–H and O–H groups in total. The van der Waals surface area contributed by atoms with E-state index in [4.69, 9.17) is 0 Å². The largest absolute Gasteiger partial charge is 0.573 e. The Morgan fingerprint density at radius 3 is 2.50 bits per heavy atom. The third-order valence-electron chi connectivity index (χ3n) is 6.73. The van der Waals surface area contributed by atoms with E-state index in [0.717, 1.165) is 31.2 Å². The van der Waals surface area contributed by atoms with E-state index in [0.29, 0.717) is 41.0 Å². The highest BCUT2D eigenvalue weighted by Gasteiger charge is 2.35. The van der Waals surface area contributed by atoms with Crippen LogP contribution in [-0.2, 0) is 17.6 Å². The Morgan fingerprint density at radius 2 is 1.80 bits per heavy atom. The van der Waals surface area contributed by atoms with Gasteiger partial charge in [0.2, 0.25) is 12.3 Å². The molecule has 0 spiro atoms. The molecule has 3 aromatic rings. The van der Waals surface area contributed by atoms with Crippen LogP contribution in [0.4, 0.5) is 18.9 Å². The van der Waals surface area contributed by atoms with Gasteiger partial charge in [0.25, 0.3) is 0 Å². The minimum Gasteiger partial charge on any atom is -0.406 e. The van der Waals surface area contributed by atoms with E-state index in [1.807, 2.05) is 24.3 Å². The number of hydrogen-bond acceptors (Lipinski definition) is 8. The van der Waals surface area contributed by atoms with Gasteiger partial charge in [-0.25, -0.2) is 14.7 Å². The molecule has 1 atom stereocenters. The SMILES string of the molecule is O=C1CSC(=NC(O)Nc2ccc(CCc3ncn(-c4ccc(OC(F)(F)F)cc4)n3)cc2)N1C1CCCCC1. The number of anilines is 1. The zero-order valence-electron chi connectivity index (χ0n) is 21.5. The number of amides is 1. The quantitative estimate of drug-likeness (QED) is 0.350. The van der Waals surface area contributed by atoms with Crippen molar-refractivity contribution in [3.05, 3.63) is 66.2 Å². The van der Waals surface area contributed by atoms with Gasteiger partial charge in [0, 0.05) is 18.2 Å². The van der Waals surface area contributed by atoms with Crippen LogP contribution in [0.15, 0.2) is 59.9 Å². The second kappa shape index (κ2) is 12.3. The summed E-state index contributed by atoms with van der Waals surface area (Å²) in [5.74, 6) is 0.700. The molecule has 1 aromatic heterocycles. The number of carbonyl (C=O) groups excluding carboxylic acids is 1. The van der Waals surface area contributed by atoms with Gasteiger partial charge in [0.15, 0.2) is 11.0 Å². The maximum Gasteiger partial charge on any atom is 0.573 e. The number of aliphatic hydroxyl groups is 1. The van der Waals surface area contributed by atoms with Gasteiger partial charge in [0.05, 0.1) is 11.4 Å². The van der Waals surface area contributed by atoms with E-state index < -0.39 is 12.7 Å². The number of benzene rings is 2. The maximum atomic E-state index is 12.4. The average molecular weight is 575 g/mol. The lowest BCUT2D eigenvalue weighted by molar-refractivity contribution is -0.274. The molecular weight excluding hydrogens is 545 g/mol. The molecule has 13 heteroatoms. The summed E-state index contributed by atoms with van der Waals surface area (Å²) in [5.41, 5.74) is 2.30. The second-order valence-corrected chi connectivity index (χ2v) is 10.6. The average Bonchev–Trinajstić information content (AvgIpc) is 3.55. The second-order valence-electron chi connectivity index (χ2n) is 9.62. The lowest BCUT2D eigenvalue weighted by Crippen LogP contribution is -2.41. The van der Waals surface area contributed by atoms with Gasteiger partial charge < -0.3 is 15.2 Å². The Labute approximate surface area is 233 Å². The number of ether oxygens (including phenoxy) is 1. The molecule has 2 heterocycles. The highest BCUT2D eigenvalue weighted by molar-refractivity contribution is 8.15. The summed E-state index contributed by atoms with van der Waals surface area (Å²) in [6, 6.07) is 13.1. The Morgan fingerprint density at radius 1 is 1.07 bits per heavy atom. The van der Waals surface area contributed by atoms with E-state index in [1.54, 1.807) is 4.90 Å². The lowest BCUT2D eigenvalue weighted by atomic mass is 9.94. The van der Waals surface area contributed by atoms with Crippen LogP contribution in [0.25, 0.3) is 5.69 Å². The number of aliphatic hydroxyl groups excluding tert-OH is 1. The van der Waals surface area contributed by atoms with Crippen LogP contribution in [0, 0.1) is 0 Å². The first-order valence-electron chi connectivity index (χ1n) is 13.1. The number of carbonyl (C=O) groups is 1. The Hall–Kier alpha value is -3.58. The minimum atomic E-state index is -4.74. The third-order valence-corrected chi connectivity index (χ3v) is 7.68. The molecule has 2 fully saturated rings. The van der Waals surface area contributed by atoms with Crippen molar-refractivity contribution < 1.29 is 27.8 Å². The van der Waals surface area contributed by atoms with Crippen LogP contribution < -0.4 is 10.1 Å². The minimum absolute atomic E-state index is 0.0555. The standard InChI is InChI=1S/C27H29F3N6O3S/c28-27(29,30)39-22-13-11-20(12-14-22)35-17-31-23(34-35)15-8-18-6-9-19(10-7-18)32-25(38)33-26-36(24(37)16-40-26)21-4-2-1-3-5-21/h6-7,9-14,17,21,25,32,38H,1-5,8,15-16H2. The summed E-state index contributed by atoms with van der Waals surface area (Å²) >= 11 is 1.37. The Bertz CT molecular complexity index is 1320. The van der Waals surface area contributed by atoms with Crippen molar-refractivity contribution >= 4 is 28.5 Å². The van der Waals surface area contributed by atoms with Gasteiger partial charge in [-0.05, 0) is 61.2 Å². The molecule has 1 unspecified atom stereocenters. The van der Waals surface area contributed by atoms with Crippen molar-refractivity contribution in [3.63, 3.8) is 0 Å². The summed E-state index contributed by atoms with van der Waals surface area (Å²) in [5, 5.41) is 18.5. The maximum absolute atomic E-state index is 12.4. The fourth-order valence-corrected chi connectivity index (χ4v) is 5.77. The van der Waals surface area contributed by atoms with E-state index in [9.17, 15) is 23.1 Å². The molecule has 1 aliphatic carbocycles. The number of aryl methyl sites for hydroxylation is 2. The van der Waals surface area contributed by atoms with Crippen LogP contribution in [0.5, 0.6) is 5.75 Å². The van der Waals surface area contributed by atoms with Gasteiger partial charge in [-0.2, -0.15) is 5.10 Å². The number of alkyl halides is 3. The summed E-state index contributed by atoms with van der Waals surface area (Å²) in [4.78, 5) is 22.9. The van der Waals surface area contributed by atoms with Crippen LogP contribution in [0.1, 0.15) is 43.5 Å². The monoisotopic (exact) mass is 574 g/mol. The molecule has 1 saturated heterocycles. The molecule has 2 aliphatic rings. The summed E-state index contributed by atoms with van der Waals surface area (Å²) < 4.78 is 42.4. The number of amidine groups is 1. The predicted octanol–water partition coefficient (Wildman–Crippen LogP) is 4.90. The molecule has 1 saturated carbocycles. The summed E-state index contributed by atoms with van der Waals surface area (Å²) in [6.45, 7) is 0. The molecule has 9 nitrogen and oxygen atoms in total. The number of nitrogens with one attached hydrogen (secondary N) is 1. The molecule has 0 radical (unpaired) electrons. The van der Waals surface area contributed by atoms with E-state index in [1.165, 1.54) is 53.5 Å². The van der Waals surface area contributed by atoms with Crippen molar-refractivity contribution in [2.45, 2.75) is 63.7 Å². The van der Waals surface area contributed by atoms with Crippen LogP contribution in [0.3, 0.4) is 0 Å². The molecular formula is C27H29F3N6O3S. The molecule has 0 bridgehead atoms. The zero-order valence-corrected chi connectivity index (χ0v) is 22.4. The van der Waals surface area contributed by atoms with Gasteiger partial charge in [-0.15, -0.1) is 13.2 Å². The fourth-order valence-electron chi connectivity index (χ4n) is 4.82. The van der Waals surface area contributed by atoms with Crippen LogP contribution >= 0.6 is 11.8 Å². The summed E-state index contributed by atoms with van der Waals surface area (Å²) in [7, 11) is 0. The van der Waals surface area contributed by atoms with E-state index in [-0.39, 0.29) is 17.7 Å². The molecule has 212 valence electrons. The number of hydrogen-bond donors (Lipinski definition) is 2. The van der Waals surface area contributed by atoms with Gasteiger partial charge in [-0.1, -0.05) is 43.2 Å². The number of nitrogens with zero attached hydrogens (tertiary/aromatic N) is 5. The van der Waals surface area contributed by atoms with E-state index >= 15 is 0 Å². The number of aromatic nitrogens is 3. The van der Waals surface area contributed by atoms with Crippen molar-refractivity contribution in [2.75, 3.05) is 11.1 Å². The first-order valence-corrected chi connectivity index (χ1v) is 14.0. The molecule has 1 amide bonds. The first kappa shape index (κ1) is 28.0. The number of halogens is 3. The zero-order chi connectivity index (χ0) is 28.1. The number of thioether (sulfide) groups is 1. The Kier molecular flexibility index (Phi) is 8.60. The predicted molar refractivity (Wildman–Crippen MR) is 145 cm³/mol. The molecule has 40 heavy (non-hydrogen) atoms. The third kappa shape index (κ3) is 7.33. The summed E-state index contributed by atoms with van der Waals surface area (Å²) in [6.07, 6.45) is 2.18. The fraction of sp³-hybridized carbons (Fsp3) is 0.407. The van der Waals surface area contributed by atoms with Crippen molar-refractivity contribution in [3.8, 4) is 11.4 Å². The van der Waals surface area contributed by atoms with Crippen molar-refractivity contribution in [1.82, 2.24) is 19.7 Å². The van der Waals surface area contributed by atoms with E-state index in [2.05, 4.69) is 25.1 Å². The first-order chi connectivity index (χ1) is 19.2. The van der Waals surface area contributed by atoms with Gasteiger partial charge >= 0.3 is 6.36 Å². The number of rotatable bonds is 9. The molecule has 2 aromatic carbocycles. The highest BCUT2D eigenvalue weighted by atomic mass is 32.2. The van der Waals surface area contributed by atoms with Gasteiger partial charge in [0.1, 0.15) is 12.1 Å². The van der Waals surface area contributed by atoms with Gasteiger partial charge in [-0.3, -0.25) is 9.69 Å². The number of aliphatic imine (C=N–C) groups is 1. The van der Waals surface area contributed by atoms with Crippen LogP contribution in [0.2, 0.25) is 0 Å². The van der Waals surface area contributed by atoms with Crippen molar-refractivity contribution in [2.24, 2.45) is 4.99 Å². The Balaban J connectivity index is 1.12. The molecule has 1 aliphatic heterocycles. The molecule has 5 rings (SSSR count). The van der Waals surface area contributed by atoms with Crippen LogP contribution in [-0.4, -0.2) is 60.4 Å².